The van der Waals surface area contributed by atoms with Gasteiger partial charge in [-0.15, -0.1) is 0 Å². The highest BCUT2D eigenvalue weighted by atomic mass is 16.7. The Hall–Kier alpha value is -1.84. The van der Waals surface area contributed by atoms with Crippen LogP contribution in [-0.2, 0) is 0 Å². The molecule has 0 amide bonds. The first-order chi connectivity index (χ1) is 7.09. The van der Waals surface area contributed by atoms with Crippen LogP contribution < -0.4 is 16.3 Å². The van der Waals surface area contributed by atoms with E-state index < -0.39 is 0 Å². The molecule has 1 aromatic carbocycles. The largest absolute Gasteiger partial charge is 0.411 e. The van der Waals surface area contributed by atoms with Gasteiger partial charge in [-0.1, -0.05) is 0 Å². The van der Waals surface area contributed by atoms with Crippen LogP contribution in [0.3, 0.4) is 0 Å². The average molecular weight is 205 g/mol. The Kier molecular flexibility index (Phi) is 2.19. The van der Waals surface area contributed by atoms with Crippen molar-refractivity contribution >= 4 is 22.3 Å². The molecule has 2 aromatic rings. The first-order valence-corrected chi connectivity index (χ1v) is 4.91. The van der Waals surface area contributed by atoms with Crippen LogP contribution in [0.5, 0.6) is 0 Å². The first-order valence-electron chi connectivity index (χ1n) is 4.91. The number of nitrogens with zero attached hydrogens (tertiary/aromatic N) is 1. The molecule has 0 radical (unpaired) electrons. The summed E-state index contributed by atoms with van der Waals surface area (Å²) in [5, 5.41) is 0.927. The summed E-state index contributed by atoms with van der Waals surface area (Å²) in [6.07, 6.45) is 1.93. The zero-order valence-corrected chi connectivity index (χ0v) is 8.90. The van der Waals surface area contributed by atoms with E-state index >= 15 is 0 Å². The third-order valence-corrected chi connectivity index (χ3v) is 2.20. The van der Waals surface area contributed by atoms with Crippen molar-refractivity contribution < 1.29 is 4.84 Å². The first kappa shape index (κ1) is 9.71. The van der Waals surface area contributed by atoms with Gasteiger partial charge in [-0.3, -0.25) is 0 Å². The molecule has 0 aliphatic carbocycles. The zero-order valence-electron chi connectivity index (χ0n) is 8.90. The fourth-order valence-electron chi connectivity index (χ4n) is 1.59. The third-order valence-electron chi connectivity index (χ3n) is 2.20. The summed E-state index contributed by atoms with van der Waals surface area (Å²) in [6.45, 7) is 3.93. The number of nitrogen functional groups attached to an aromatic ring is 2. The second kappa shape index (κ2) is 3.38. The minimum Gasteiger partial charge on any atom is -0.411 e. The number of rotatable bonds is 2. The van der Waals surface area contributed by atoms with Gasteiger partial charge in [0.05, 0.1) is 5.69 Å². The van der Waals surface area contributed by atoms with Gasteiger partial charge in [0, 0.05) is 17.3 Å². The summed E-state index contributed by atoms with van der Waals surface area (Å²) >= 11 is 0. The Morgan fingerprint density at radius 3 is 2.47 bits per heavy atom. The summed E-state index contributed by atoms with van der Waals surface area (Å²) in [5.74, 6) is 0. The van der Waals surface area contributed by atoms with E-state index in [-0.39, 0.29) is 6.10 Å². The van der Waals surface area contributed by atoms with Gasteiger partial charge in [-0.25, -0.2) is 0 Å². The maximum Gasteiger partial charge on any atom is 0.119 e. The van der Waals surface area contributed by atoms with Crippen LogP contribution in [0.2, 0.25) is 0 Å². The van der Waals surface area contributed by atoms with Crippen molar-refractivity contribution in [3.05, 3.63) is 24.4 Å². The minimum atomic E-state index is 0.0985. The van der Waals surface area contributed by atoms with E-state index in [1.54, 1.807) is 16.9 Å². The molecule has 15 heavy (non-hydrogen) atoms. The molecular weight excluding hydrogens is 190 g/mol. The normalized spacial score (nSPS) is 11.1. The van der Waals surface area contributed by atoms with Crippen LogP contribution in [0.4, 0.5) is 11.4 Å². The van der Waals surface area contributed by atoms with Crippen LogP contribution in [-0.4, -0.2) is 10.8 Å². The van der Waals surface area contributed by atoms with E-state index in [0.717, 1.165) is 10.9 Å². The van der Waals surface area contributed by atoms with E-state index in [4.69, 9.17) is 16.3 Å². The maximum atomic E-state index is 5.89. The van der Waals surface area contributed by atoms with Crippen molar-refractivity contribution in [1.82, 2.24) is 4.73 Å². The second-order valence-corrected chi connectivity index (χ2v) is 3.80. The van der Waals surface area contributed by atoms with Gasteiger partial charge >= 0.3 is 0 Å². The molecule has 4 N–H and O–H groups in total. The van der Waals surface area contributed by atoms with Crippen molar-refractivity contribution in [3.63, 3.8) is 0 Å². The highest BCUT2D eigenvalue weighted by Crippen LogP contribution is 2.26. The van der Waals surface area contributed by atoms with Crippen molar-refractivity contribution in [2.24, 2.45) is 0 Å². The predicted octanol–water partition coefficient (Wildman–Crippen LogP) is 1.64. The molecule has 2 rings (SSSR count). The number of hydrogen-bond donors (Lipinski definition) is 2. The number of anilines is 2. The molecule has 0 aliphatic heterocycles. The maximum absolute atomic E-state index is 5.89. The van der Waals surface area contributed by atoms with E-state index in [1.165, 1.54) is 0 Å². The molecule has 1 heterocycles. The average Bonchev–Trinajstić information content (AvgIpc) is 2.56. The standard InChI is InChI=1S/C11H15N3O/c1-7(2)15-14-6-5-8-9(12)3-4-10(13)11(8)14/h3-7H,12-13H2,1-2H3. The lowest BCUT2D eigenvalue weighted by Crippen LogP contribution is -2.18. The molecular formula is C11H15N3O. The Morgan fingerprint density at radius 1 is 1.13 bits per heavy atom. The summed E-state index contributed by atoms with van der Waals surface area (Å²) in [7, 11) is 0. The summed E-state index contributed by atoms with van der Waals surface area (Å²) in [4.78, 5) is 5.58. The van der Waals surface area contributed by atoms with E-state index in [2.05, 4.69) is 0 Å². The van der Waals surface area contributed by atoms with Crippen LogP contribution in [0.25, 0.3) is 10.9 Å². The van der Waals surface area contributed by atoms with Crippen molar-refractivity contribution in [2.45, 2.75) is 20.0 Å². The molecule has 0 unspecified atom stereocenters. The van der Waals surface area contributed by atoms with Gasteiger partial charge in [0.1, 0.15) is 11.6 Å². The second-order valence-electron chi connectivity index (χ2n) is 3.80. The van der Waals surface area contributed by atoms with Gasteiger partial charge in [0.2, 0.25) is 0 Å². The number of hydrogen-bond acceptors (Lipinski definition) is 3. The Morgan fingerprint density at radius 2 is 1.80 bits per heavy atom. The molecule has 0 fully saturated rings. The molecule has 0 aliphatic rings. The van der Waals surface area contributed by atoms with Gasteiger partial charge in [-0.2, -0.15) is 4.73 Å². The predicted molar refractivity (Wildman–Crippen MR) is 62.5 cm³/mol. The van der Waals surface area contributed by atoms with E-state index in [1.807, 2.05) is 26.1 Å². The highest BCUT2D eigenvalue weighted by molar-refractivity contribution is 5.98. The smallest absolute Gasteiger partial charge is 0.119 e. The molecule has 4 heteroatoms. The fourth-order valence-corrected chi connectivity index (χ4v) is 1.59. The molecule has 0 bridgehead atoms. The van der Waals surface area contributed by atoms with Crippen LogP contribution in [0.1, 0.15) is 13.8 Å². The van der Waals surface area contributed by atoms with Crippen LogP contribution in [0.15, 0.2) is 24.4 Å². The Labute approximate surface area is 88.4 Å². The molecule has 0 saturated heterocycles. The number of benzene rings is 1. The van der Waals surface area contributed by atoms with Gasteiger partial charge < -0.3 is 16.3 Å². The quantitative estimate of drug-likeness (QED) is 0.732. The summed E-state index contributed by atoms with van der Waals surface area (Å²) < 4.78 is 1.67. The Balaban J connectivity index is 2.62. The summed E-state index contributed by atoms with van der Waals surface area (Å²) in [5.41, 5.74) is 14.0. The fraction of sp³-hybridized carbons (Fsp3) is 0.273. The van der Waals surface area contributed by atoms with Gasteiger partial charge in [0.15, 0.2) is 0 Å². The molecule has 0 saturated carbocycles. The third kappa shape index (κ3) is 1.58. The van der Waals surface area contributed by atoms with Crippen LogP contribution >= 0.6 is 0 Å². The molecule has 0 spiro atoms. The lowest BCUT2D eigenvalue weighted by molar-refractivity contribution is 0.0688. The lowest BCUT2D eigenvalue weighted by atomic mass is 10.2. The van der Waals surface area contributed by atoms with Gasteiger partial charge in [0.25, 0.3) is 0 Å². The van der Waals surface area contributed by atoms with Crippen molar-refractivity contribution in [1.29, 1.82) is 0 Å². The molecule has 1 aromatic heterocycles. The molecule has 4 nitrogen and oxygen atoms in total. The van der Waals surface area contributed by atoms with Crippen molar-refractivity contribution in [3.8, 4) is 0 Å². The summed E-state index contributed by atoms with van der Waals surface area (Å²) in [6, 6.07) is 5.50. The number of aromatic nitrogens is 1. The zero-order chi connectivity index (χ0) is 11.0. The number of nitrogens with two attached hydrogens (primary N) is 2. The van der Waals surface area contributed by atoms with E-state index in [9.17, 15) is 0 Å². The monoisotopic (exact) mass is 205 g/mol. The Bertz CT molecular complexity index is 488. The van der Waals surface area contributed by atoms with Crippen LogP contribution in [0, 0.1) is 0 Å². The minimum absolute atomic E-state index is 0.0985. The molecule has 80 valence electrons. The highest BCUT2D eigenvalue weighted by Gasteiger charge is 2.08. The van der Waals surface area contributed by atoms with E-state index in [0.29, 0.717) is 11.4 Å². The molecule has 0 atom stereocenters. The number of fused-ring (bicyclic) bond motifs is 1. The SMILES string of the molecule is CC(C)On1ccc2c(N)ccc(N)c21. The topological polar surface area (TPSA) is 66.2 Å². The van der Waals surface area contributed by atoms with Crippen molar-refractivity contribution in [2.75, 3.05) is 11.5 Å². The lowest BCUT2D eigenvalue weighted by Gasteiger charge is -2.12. The van der Waals surface area contributed by atoms with Gasteiger partial charge in [-0.05, 0) is 32.0 Å².